The molecule has 0 spiro atoms. The second kappa shape index (κ2) is 14.9. The third-order valence-electron chi connectivity index (χ3n) is 11.4. The fourth-order valence-electron chi connectivity index (χ4n) is 8.08. The average Bonchev–Trinajstić information content (AvgIpc) is 3.41. The number of piperidine rings is 1. The van der Waals surface area contributed by atoms with Gasteiger partial charge in [0.15, 0.2) is 0 Å². The minimum atomic E-state index is -0.965. The van der Waals surface area contributed by atoms with Crippen LogP contribution in [0.3, 0.4) is 0 Å². The molecule has 3 fully saturated rings. The zero-order valence-corrected chi connectivity index (χ0v) is 31.4. The summed E-state index contributed by atoms with van der Waals surface area (Å²) < 4.78 is 12.4. The predicted molar refractivity (Wildman–Crippen MR) is 205 cm³/mol. The van der Waals surface area contributed by atoms with Crippen LogP contribution in [0, 0.1) is 5.92 Å². The monoisotopic (exact) mass is 742 g/mol. The van der Waals surface area contributed by atoms with Crippen molar-refractivity contribution < 1.29 is 28.7 Å². The molecule has 3 aromatic carbocycles. The van der Waals surface area contributed by atoms with Gasteiger partial charge in [-0.1, -0.05) is 44.2 Å². The zero-order chi connectivity index (χ0) is 38.3. The summed E-state index contributed by atoms with van der Waals surface area (Å²) in [7, 11) is 0. The lowest BCUT2D eigenvalue weighted by Gasteiger charge is -2.35. The van der Waals surface area contributed by atoms with Crippen molar-refractivity contribution in [3.63, 3.8) is 0 Å². The van der Waals surface area contributed by atoms with Crippen molar-refractivity contribution in [2.45, 2.75) is 83.1 Å². The van der Waals surface area contributed by atoms with Crippen LogP contribution in [0.5, 0.6) is 11.5 Å². The number of ether oxygens (including phenoxy) is 2. The second-order valence-electron chi connectivity index (χ2n) is 15.7. The number of fused-ring (bicyclic) bond motifs is 1. The molecule has 55 heavy (non-hydrogen) atoms. The third-order valence-corrected chi connectivity index (χ3v) is 11.4. The Hall–Kier alpha value is -5.62. The number of amides is 4. The van der Waals surface area contributed by atoms with Crippen LogP contribution in [-0.2, 0) is 28.0 Å². The highest BCUT2D eigenvalue weighted by molar-refractivity contribution is 6.23. The molecule has 2 saturated heterocycles. The minimum Gasteiger partial charge on any atom is -0.490 e. The molecule has 284 valence electrons. The number of hydrogen-bond donors (Lipinski definition) is 2. The Kier molecular flexibility index (Phi) is 9.85. The van der Waals surface area contributed by atoms with Crippen LogP contribution < -0.4 is 25.0 Å². The Labute approximate surface area is 320 Å². The number of benzene rings is 3. The van der Waals surface area contributed by atoms with Gasteiger partial charge in [0, 0.05) is 43.7 Å². The van der Waals surface area contributed by atoms with Gasteiger partial charge >= 0.3 is 0 Å². The van der Waals surface area contributed by atoms with E-state index >= 15 is 0 Å². The first-order valence-electron chi connectivity index (χ1n) is 19.2. The SMILES string of the molecule is C[C@H]1CN(c2nccc(COc3ccc(C(C)(C)c4ccc(OC5CC(Cc6ccc7c(c6)C(=O)N(C6CCC(=O)NC6=O)C7=O)C5)cc4)cc3)n2)CCN1. The number of imide groups is 2. The van der Waals surface area contributed by atoms with Crippen molar-refractivity contribution in [2.24, 2.45) is 5.92 Å². The summed E-state index contributed by atoms with van der Waals surface area (Å²) in [5.41, 5.74) is 4.56. The summed E-state index contributed by atoms with van der Waals surface area (Å²) in [4.78, 5) is 62.7. The Balaban J connectivity index is 0.814. The molecule has 4 amide bonds. The average molecular weight is 743 g/mol. The van der Waals surface area contributed by atoms with Gasteiger partial charge in [0.2, 0.25) is 17.8 Å². The molecule has 2 N–H and O–H groups in total. The van der Waals surface area contributed by atoms with E-state index in [1.165, 1.54) is 11.1 Å². The number of hydrogen-bond acceptors (Lipinski definition) is 10. The first kappa shape index (κ1) is 36.4. The van der Waals surface area contributed by atoms with E-state index in [0.717, 1.165) is 72.5 Å². The zero-order valence-electron chi connectivity index (χ0n) is 31.4. The Morgan fingerprint density at radius 3 is 2.29 bits per heavy atom. The third kappa shape index (κ3) is 7.55. The van der Waals surface area contributed by atoms with Crippen molar-refractivity contribution in [1.29, 1.82) is 0 Å². The van der Waals surface area contributed by atoms with E-state index in [0.29, 0.717) is 29.7 Å². The van der Waals surface area contributed by atoms with E-state index in [1.807, 2.05) is 36.4 Å². The van der Waals surface area contributed by atoms with Crippen LogP contribution >= 0.6 is 0 Å². The molecule has 8 rings (SSSR count). The first-order chi connectivity index (χ1) is 26.5. The molecule has 0 bridgehead atoms. The van der Waals surface area contributed by atoms with Gasteiger partial charge in [-0.25, -0.2) is 9.97 Å². The van der Waals surface area contributed by atoms with E-state index in [2.05, 4.69) is 65.6 Å². The standard InChI is InChI=1S/C43H46N6O6/c1-26-24-48(19-18-44-26)42-45-17-16-31(46-42)25-54-32-9-5-29(6-10-32)43(2,3)30-7-11-33(12-8-30)55-34-21-28(22-34)20-27-4-13-35-36(23-27)41(53)49(40(35)52)37-14-15-38(50)47-39(37)51/h4-13,16-17,23,26,28,34,37,44H,14-15,18-22,24-25H2,1-3H3,(H,47,50,51)/t26-,28?,34?,37?/m0/s1. The van der Waals surface area contributed by atoms with Crippen molar-refractivity contribution in [2.75, 3.05) is 24.5 Å². The van der Waals surface area contributed by atoms with E-state index in [1.54, 1.807) is 18.3 Å². The number of nitrogens with one attached hydrogen (secondary N) is 2. The highest BCUT2D eigenvalue weighted by Crippen LogP contribution is 2.37. The molecule has 4 aromatic rings. The number of anilines is 1. The molecular weight excluding hydrogens is 697 g/mol. The number of nitrogens with zero attached hydrogens (tertiary/aromatic N) is 4. The lowest BCUT2D eigenvalue weighted by molar-refractivity contribution is -0.136. The number of carbonyl (C=O) groups excluding carboxylic acids is 4. The molecule has 12 heteroatoms. The van der Waals surface area contributed by atoms with Crippen molar-refractivity contribution in [1.82, 2.24) is 25.5 Å². The van der Waals surface area contributed by atoms with Gasteiger partial charge in [0.25, 0.3) is 11.8 Å². The lowest BCUT2D eigenvalue weighted by Crippen LogP contribution is -2.54. The van der Waals surface area contributed by atoms with Crippen LogP contribution in [0.15, 0.2) is 79.0 Å². The van der Waals surface area contributed by atoms with Crippen LogP contribution in [0.25, 0.3) is 0 Å². The molecule has 0 radical (unpaired) electrons. The van der Waals surface area contributed by atoms with Gasteiger partial charge in [-0.15, -0.1) is 0 Å². The minimum absolute atomic E-state index is 0.0958. The van der Waals surface area contributed by atoms with Crippen LogP contribution in [0.4, 0.5) is 5.95 Å². The van der Waals surface area contributed by atoms with E-state index < -0.39 is 23.8 Å². The molecule has 1 aromatic heterocycles. The highest BCUT2D eigenvalue weighted by Gasteiger charge is 2.45. The maximum atomic E-state index is 13.2. The maximum Gasteiger partial charge on any atom is 0.262 e. The normalized spacial score (nSPS) is 22.6. The smallest absolute Gasteiger partial charge is 0.262 e. The number of aromatic nitrogens is 2. The van der Waals surface area contributed by atoms with E-state index in [-0.39, 0.29) is 30.3 Å². The van der Waals surface area contributed by atoms with Gasteiger partial charge in [0.05, 0.1) is 22.9 Å². The fraction of sp³-hybridized carbons (Fsp3) is 0.395. The highest BCUT2D eigenvalue weighted by atomic mass is 16.5. The summed E-state index contributed by atoms with van der Waals surface area (Å²) in [6.07, 6.45) is 4.69. The molecule has 4 heterocycles. The molecule has 4 aliphatic rings. The van der Waals surface area contributed by atoms with E-state index in [4.69, 9.17) is 14.5 Å². The van der Waals surface area contributed by atoms with Gasteiger partial charge in [-0.3, -0.25) is 29.4 Å². The van der Waals surface area contributed by atoms with Crippen molar-refractivity contribution in [3.05, 3.63) is 113 Å². The molecule has 1 saturated carbocycles. The van der Waals surface area contributed by atoms with Crippen LogP contribution in [0.1, 0.15) is 89.6 Å². The molecule has 2 atom stereocenters. The molecule has 1 unspecified atom stereocenters. The fourth-order valence-corrected chi connectivity index (χ4v) is 8.08. The predicted octanol–water partition coefficient (Wildman–Crippen LogP) is 4.98. The van der Waals surface area contributed by atoms with Crippen LogP contribution in [0.2, 0.25) is 0 Å². The van der Waals surface area contributed by atoms with Crippen molar-refractivity contribution >= 4 is 29.6 Å². The van der Waals surface area contributed by atoms with Crippen molar-refractivity contribution in [3.8, 4) is 11.5 Å². The van der Waals surface area contributed by atoms with E-state index in [9.17, 15) is 19.2 Å². The number of rotatable bonds is 11. The lowest BCUT2D eigenvalue weighted by atomic mass is 9.77. The Bertz CT molecular complexity index is 2110. The van der Waals surface area contributed by atoms with Gasteiger partial charge < -0.3 is 19.7 Å². The molecular formula is C43H46N6O6. The number of piperazine rings is 1. The molecule has 12 nitrogen and oxygen atoms in total. The van der Waals surface area contributed by atoms with Gasteiger partial charge in [0.1, 0.15) is 24.1 Å². The summed E-state index contributed by atoms with van der Waals surface area (Å²) in [6, 6.07) is 23.3. The molecule has 3 aliphatic heterocycles. The summed E-state index contributed by atoms with van der Waals surface area (Å²) in [5, 5.41) is 5.69. The second-order valence-corrected chi connectivity index (χ2v) is 15.7. The summed E-state index contributed by atoms with van der Waals surface area (Å²) in [6.45, 7) is 9.64. The summed E-state index contributed by atoms with van der Waals surface area (Å²) in [5.74, 6) is 0.802. The molecule has 1 aliphatic carbocycles. The first-order valence-corrected chi connectivity index (χ1v) is 19.2. The Morgan fingerprint density at radius 2 is 1.58 bits per heavy atom. The quantitative estimate of drug-likeness (QED) is 0.202. The van der Waals surface area contributed by atoms with Crippen LogP contribution in [-0.4, -0.2) is 76.3 Å². The summed E-state index contributed by atoms with van der Waals surface area (Å²) >= 11 is 0. The van der Waals surface area contributed by atoms with Gasteiger partial charge in [-0.2, -0.15) is 0 Å². The topological polar surface area (TPSA) is 143 Å². The van der Waals surface area contributed by atoms with Gasteiger partial charge in [-0.05, 0) is 97.7 Å². The largest absolute Gasteiger partial charge is 0.490 e. The number of carbonyl (C=O) groups is 4. The maximum absolute atomic E-state index is 13.2. The Morgan fingerprint density at radius 1 is 0.873 bits per heavy atom.